The molecule has 0 aromatic heterocycles. The van der Waals surface area contributed by atoms with Crippen molar-refractivity contribution in [1.82, 2.24) is 10.2 Å². The largest absolute Gasteiger partial charge is 0.459 e. The molecular formula is C65H110N2O9. The molecule has 2 heterocycles. The monoisotopic (exact) mass is 1060 g/mol. The van der Waals surface area contributed by atoms with Gasteiger partial charge >= 0.3 is 5.97 Å². The fraction of sp³-hybridized carbons (Fsp3) is 0.754. The average molecular weight is 1060 g/mol. The third kappa shape index (κ3) is 32.0. The van der Waals surface area contributed by atoms with E-state index in [1.54, 1.807) is 12.1 Å². The van der Waals surface area contributed by atoms with Crippen LogP contribution in [0.25, 0.3) is 0 Å². The third-order valence-electron chi connectivity index (χ3n) is 15.2. The minimum atomic E-state index is -0.516. The lowest BCUT2D eigenvalue weighted by Crippen LogP contribution is -2.48. The van der Waals surface area contributed by atoms with Crippen molar-refractivity contribution in [1.29, 1.82) is 0 Å². The van der Waals surface area contributed by atoms with Gasteiger partial charge in [-0.3, -0.25) is 9.69 Å². The summed E-state index contributed by atoms with van der Waals surface area (Å²) in [7, 11) is 1.98. The van der Waals surface area contributed by atoms with Crippen molar-refractivity contribution in [2.24, 2.45) is 17.8 Å². The van der Waals surface area contributed by atoms with E-state index in [2.05, 4.69) is 88.5 Å². The summed E-state index contributed by atoms with van der Waals surface area (Å²) in [6.45, 7) is 15.1. The summed E-state index contributed by atoms with van der Waals surface area (Å²) in [5.41, 5.74) is 0.526. The SMILES string of the molecule is CCCCC/C=C\C/C=C\CCCCCCCCC1(CCCCCCCC/C=C\C/C=C\CCCCC)OCC(CN(C)CC(=O)NCCOCCOCCOC2OC(COC(=O)c3ccccc3)C(C)C(C)C2C)O1. The van der Waals surface area contributed by atoms with Crippen molar-refractivity contribution >= 4 is 11.9 Å². The van der Waals surface area contributed by atoms with Gasteiger partial charge in [0.2, 0.25) is 5.91 Å². The molecule has 3 rings (SSSR count). The number of hydrogen-bond acceptors (Lipinski definition) is 10. The smallest absolute Gasteiger partial charge is 0.338 e. The molecule has 0 radical (unpaired) electrons. The maximum atomic E-state index is 12.9. The van der Waals surface area contributed by atoms with Crippen molar-refractivity contribution in [3.63, 3.8) is 0 Å². The maximum absolute atomic E-state index is 12.9. The molecule has 2 saturated heterocycles. The van der Waals surface area contributed by atoms with E-state index in [1.807, 2.05) is 30.1 Å². The number of unbranched alkanes of at least 4 members (excludes halogenated alkanes) is 18. The van der Waals surface area contributed by atoms with E-state index in [9.17, 15) is 9.59 Å². The molecule has 76 heavy (non-hydrogen) atoms. The molecule has 2 aliphatic rings. The molecule has 1 aromatic rings. The summed E-state index contributed by atoms with van der Waals surface area (Å²) >= 11 is 0. The summed E-state index contributed by atoms with van der Waals surface area (Å²) in [6, 6.07) is 9.01. The molecule has 2 fully saturated rings. The zero-order valence-corrected chi connectivity index (χ0v) is 49.0. The molecule has 2 aliphatic heterocycles. The van der Waals surface area contributed by atoms with E-state index in [-0.39, 0.29) is 49.1 Å². The van der Waals surface area contributed by atoms with Crippen molar-refractivity contribution in [2.75, 3.05) is 72.9 Å². The summed E-state index contributed by atoms with van der Waals surface area (Å²) in [6.07, 6.45) is 49.5. The highest BCUT2D eigenvalue weighted by Crippen LogP contribution is 2.37. The van der Waals surface area contributed by atoms with Gasteiger partial charge in [-0.25, -0.2) is 4.79 Å². The highest BCUT2D eigenvalue weighted by molar-refractivity contribution is 5.89. The quantitative estimate of drug-likeness (QED) is 0.0384. The van der Waals surface area contributed by atoms with E-state index in [0.717, 1.165) is 38.5 Å². The Morgan fingerprint density at radius 3 is 1.71 bits per heavy atom. The Morgan fingerprint density at radius 2 is 1.14 bits per heavy atom. The van der Waals surface area contributed by atoms with Crippen LogP contribution in [0.1, 0.15) is 212 Å². The summed E-state index contributed by atoms with van der Waals surface area (Å²) in [5, 5.41) is 2.99. The van der Waals surface area contributed by atoms with Crippen LogP contribution in [0.15, 0.2) is 78.9 Å². The van der Waals surface area contributed by atoms with Gasteiger partial charge < -0.3 is 38.5 Å². The van der Waals surface area contributed by atoms with E-state index < -0.39 is 12.1 Å². The van der Waals surface area contributed by atoms with Crippen LogP contribution < -0.4 is 5.32 Å². The first kappa shape index (κ1) is 67.1. The Balaban J connectivity index is 1.27. The second-order valence-electron chi connectivity index (χ2n) is 21.9. The zero-order chi connectivity index (χ0) is 54.6. The summed E-state index contributed by atoms with van der Waals surface area (Å²) < 4.78 is 42.9. The Kier molecular flexibility index (Phi) is 39.4. The normalized spacial score (nSPS) is 20.8. The Morgan fingerprint density at radius 1 is 0.632 bits per heavy atom. The minimum Gasteiger partial charge on any atom is -0.459 e. The molecule has 1 amide bonds. The topological polar surface area (TPSA) is 114 Å². The van der Waals surface area contributed by atoms with E-state index in [0.29, 0.717) is 64.2 Å². The standard InChI is InChI=1S/C65H110N2O9/c1-7-9-11-13-15-17-19-21-23-25-27-29-31-33-35-40-44-65(45-41-36-34-32-30-28-26-24-22-20-18-16-14-12-10-8-2)74-54-60(76-65)52-67(6)53-62(68)66-46-47-70-48-49-71-50-51-72-64-58(5)56(3)57(4)61(75-64)55-73-63(69)59-42-38-37-39-43-59/h15-18,21-24,37-39,42-43,56-58,60-61,64H,7-14,19-20,25-36,40-41,44-55H2,1-6H3,(H,66,68)/b17-15-,18-16-,23-21-,24-22-. The number of ether oxygens (including phenoxy) is 7. The number of benzene rings is 1. The van der Waals surface area contributed by atoms with Crippen LogP contribution in [-0.4, -0.2) is 114 Å². The molecule has 11 heteroatoms. The Hall–Kier alpha value is -3.16. The van der Waals surface area contributed by atoms with Crippen LogP contribution in [0, 0.1) is 17.8 Å². The number of likely N-dealkylation sites (N-methyl/N-ethyl adjacent to an activating group) is 1. The van der Waals surface area contributed by atoms with Gasteiger partial charge in [0.05, 0.1) is 64.0 Å². The molecule has 6 unspecified atom stereocenters. The fourth-order valence-corrected chi connectivity index (χ4v) is 10.1. The third-order valence-corrected chi connectivity index (χ3v) is 15.2. The number of hydrogen-bond donors (Lipinski definition) is 1. The molecule has 0 bridgehead atoms. The van der Waals surface area contributed by atoms with Crippen LogP contribution >= 0.6 is 0 Å². The van der Waals surface area contributed by atoms with Gasteiger partial charge in [-0.1, -0.05) is 178 Å². The Labute approximate surface area is 464 Å². The van der Waals surface area contributed by atoms with E-state index in [1.165, 1.54) is 128 Å². The highest BCUT2D eigenvalue weighted by atomic mass is 16.7. The first-order valence-electron chi connectivity index (χ1n) is 30.7. The van der Waals surface area contributed by atoms with Crippen molar-refractivity contribution in [2.45, 2.75) is 226 Å². The molecule has 434 valence electrons. The van der Waals surface area contributed by atoms with Gasteiger partial charge in [0.15, 0.2) is 12.1 Å². The number of amides is 1. The predicted octanol–water partition coefficient (Wildman–Crippen LogP) is 15.1. The van der Waals surface area contributed by atoms with Crippen LogP contribution in [0.4, 0.5) is 0 Å². The molecule has 1 aromatic carbocycles. The van der Waals surface area contributed by atoms with Crippen LogP contribution in [0.5, 0.6) is 0 Å². The second kappa shape index (κ2) is 44.7. The lowest BCUT2D eigenvalue weighted by molar-refractivity contribution is -0.256. The van der Waals surface area contributed by atoms with Crippen molar-refractivity contribution in [3.8, 4) is 0 Å². The molecular weight excluding hydrogens is 953 g/mol. The molecule has 0 spiro atoms. The van der Waals surface area contributed by atoms with Gasteiger partial charge in [0.25, 0.3) is 0 Å². The van der Waals surface area contributed by atoms with Crippen LogP contribution in [-0.2, 0) is 38.0 Å². The zero-order valence-electron chi connectivity index (χ0n) is 49.0. The maximum Gasteiger partial charge on any atom is 0.338 e. The number of carbonyl (C=O) groups excluding carboxylic acids is 2. The first-order valence-corrected chi connectivity index (χ1v) is 30.7. The summed E-state index contributed by atoms with van der Waals surface area (Å²) in [4.78, 5) is 27.5. The highest BCUT2D eigenvalue weighted by Gasteiger charge is 2.42. The van der Waals surface area contributed by atoms with Gasteiger partial charge in [-0.2, -0.15) is 0 Å². The lowest BCUT2D eigenvalue weighted by Gasteiger charge is -2.43. The average Bonchev–Trinajstić information content (AvgIpc) is 3.83. The van der Waals surface area contributed by atoms with Gasteiger partial charge in [0, 0.05) is 31.8 Å². The molecule has 6 atom stereocenters. The van der Waals surface area contributed by atoms with Crippen molar-refractivity contribution in [3.05, 3.63) is 84.5 Å². The predicted molar refractivity (Wildman–Crippen MR) is 312 cm³/mol. The minimum absolute atomic E-state index is 0.0353. The molecule has 0 saturated carbocycles. The number of esters is 1. The molecule has 1 N–H and O–H groups in total. The molecule has 11 nitrogen and oxygen atoms in total. The van der Waals surface area contributed by atoms with Gasteiger partial charge in [0.1, 0.15) is 6.61 Å². The van der Waals surface area contributed by atoms with Crippen LogP contribution in [0.3, 0.4) is 0 Å². The van der Waals surface area contributed by atoms with E-state index in [4.69, 9.17) is 33.2 Å². The summed E-state index contributed by atoms with van der Waals surface area (Å²) in [5.74, 6) is -0.185. The van der Waals surface area contributed by atoms with Crippen LogP contribution in [0.2, 0.25) is 0 Å². The number of nitrogens with one attached hydrogen (secondary N) is 1. The number of carbonyl (C=O) groups is 2. The van der Waals surface area contributed by atoms with Gasteiger partial charge in [-0.15, -0.1) is 0 Å². The number of nitrogens with zero attached hydrogens (tertiary/aromatic N) is 1. The lowest BCUT2D eigenvalue weighted by atomic mass is 9.79. The first-order chi connectivity index (χ1) is 37.2. The van der Waals surface area contributed by atoms with E-state index >= 15 is 0 Å². The second-order valence-corrected chi connectivity index (χ2v) is 21.9. The Bertz CT molecular complexity index is 1640. The van der Waals surface area contributed by atoms with Gasteiger partial charge in [-0.05, 0) is 108 Å². The molecule has 0 aliphatic carbocycles. The number of allylic oxidation sites excluding steroid dienone is 8. The number of rotatable bonds is 47. The van der Waals surface area contributed by atoms with Crippen molar-refractivity contribution < 1.29 is 42.7 Å². The fourth-order valence-electron chi connectivity index (χ4n) is 10.1.